The largest absolute Gasteiger partial charge is 0.392 e. The Bertz CT molecular complexity index is 435. The monoisotopic (exact) mass is 264 g/mol. The summed E-state index contributed by atoms with van der Waals surface area (Å²) in [6.45, 7) is 8.61. The number of hydrogen-bond donors (Lipinski definition) is 1. The summed E-state index contributed by atoms with van der Waals surface area (Å²) in [6, 6.07) is 5.99. The second-order valence-electron chi connectivity index (χ2n) is 3.89. The van der Waals surface area contributed by atoms with Gasteiger partial charge in [-0.15, -0.1) is 13.2 Å². The van der Waals surface area contributed by atoms with E-state index in [9.17, 15) is 4.39 Å². The Hall–Kier alpha value is -1.52. The fraction of sp³-hybridized carbons (Fsp3) is 0.214. The van der Waals surface area contributed by atoms with Crippen molar-refractivity contribution in [3.63, 3.8) is 0 Å². The molecule has 0 aliphatic heterocycles. The predicted molar refractivity (Wildman–Crippen MR) is 77.9 cm³/mol. The highest BCUT2D eigenvalue weighted by molar-refractivity contribution is 7.80. The SMILES string of the molecule is C=CCN(CC=C)C(C(N)=S)c1cccc(F)c1. The van der Waals surface area contributed by atoms with Crippen LogP contribution in [0.25, 0.3) is 0 Å². The average molecular weight is 264 g/mol. The van der Waals surface area contributed by atoms with E-state index >= 15 is 0 Å². The Balaban J connectivity index is 3.10. The van der Waals surface area contributed by atoms with Gasteiger partial charge >= 0.3 is 0 Å². The first-order chi connectivity index (χ1) is 8.60. The Morgan fingerprint density at radius 3 is 2.44 bits per heavy atom. The van der Waals surface area contributed by atoms with Crippen molar-refractivity contribution >= 4 is 17.2 Å². The lowest BCUT2D eigenvalue weighted by Crippen LogP contribution is -2.37. The van der Waals surface area contributed by atoms with Crippen molar-refractivity contribution in [1.29, 1.82) is 0 Å². The number of nitrogens with two attached hydrogens (primary N) is 1. The summed E-state index contributed by atoms with van der Waals surface area (Å²) >= 11 is 5.09. The second-order valence-corrected chi connectivity index (χ2v) is 4.36. The highest BCUT2D eigenvalue weighted by atomic mass is 32.1. The summed E-state index contributed by atoms with van der Waals surface area (Å²) in [4.78, 5) is 2.29. The van der Waals surface area contributed by atoms with Gasteiger partial charge in [0.15, 0.2) is 0 Å². The molecule has 0 spiro atoms. The zero-order valence-corrected chi connectivity index (χ0v) is 11.0. The van der Waals surface area contributed by atoms with Crippen LogP contribution in [0, 0.1) is 5.82 Å². The van der Waals surface area contributed by atoms with Gasteiger partial charge in [-0.25, -0.2) is 4.39 Å². The quantitative estimate of drug-likeness (QED) is 0.606. The van der Waals surface area contributed by atoms with Crippen LogP contribution >= 0.6 is 12.2 Å². The van der Waals surface area contributed by atoms with Crippen molar-refractivity contribution in [3.05, 3.63) is 61.0 Å². The fourth-order valence-electron chi connectivity index (χ4n) is 1.85. The standard InChI is InChI=1S/C14H17FN2S/c1-3-8-17(9-4-2)13(14(16)18)11-6-5-7-12(15)10-11/h3-7,10,13H,1-2,8-9H2,(H2,16,18). The zero-order valence-electron chi connectivity index (χ0n) is 10.2. The molecule has 2 nitrogen and oxygen atoms in total. The van der Waals surface area contributed by atoms with Crippen LogP contribution in [-0.4, -0.2) is 23.0 Å². The van der Waals surface area contributed by atoms with E-state index in [0.29, 0.717) is 18.1 Å². The van der Waals surface area contributed by atoms with E-state index in [2.05, 4.69) is 13.2 Å². The molecule has 1 aromatic rings. The Kier molecular flexibility index (Phi) is 5.68. The molecule has 0 saturated carbocycles. The molecule has 0 aliphatic carbocycles. The number of hydrogen-bond acceptors (Lipinski definition) is 2. The van der Waals surface area contributed by atoms with Gasteiger partial charge in [-0.1, -0.05) is 36.5 Å². The van der Waals surface area contributed by atoms with Gasteiger partial charge in [-0.05, 0) is 17.7 Å². The van der Waals surface area contributed by atoms with E-state index < -0.39 is 0 Å². The van der Waals surface area contributed by atoms with Crippen molar-refractivity contribution in [2.45, 2.75) is 6.04 Å². The van der Waals surface area contributed by atoms with Gasteiger partial charge in [-0.2, -0.15) is 0 Å². The first-order valence-corrected chi connectivity index (χ1v) is 6.01. The molecular weight excluding hydrogens is 247 g/mol. The van der Waals surface area contributed by atoms with E-state index in [1.54, 1.807) is 18.2 Å². The molecule has 96 valence electrons. The van der Waals surface area contributed by atoms with Gasteiger partial charge < -0.3 is 5.73 Å². The minimum Gasteiger partial charge on any atom is -0.392 e. The van der Waals surface area contributed by atoms with Crippen LogP contribution in [0.5, 0.6) is 0 Å². The molecule has 0 aromatic heterocycles. The normalized spacial score (nSPS) is 12.1. The molecule has 2 N–H and O–H groups in total. The van der Waals surface area contributed by atoms with Crippen molar-refractivity contribution in [2.75, 3.05) is 13.1 Å². The molecule has 0 radical (unpaired) electrons. The summed E-state index contributed by atoms with van der Waals surface area (Å²) in [5.74, 6) is -0.300. The molecule has 0 saturated heterocycles. The topological polar surface area (TPSA) is 29.3 Å². The molecule has 0 heterocycles. The van der Waals surface area contributed by atoms with Gasteiger partial charge in [0.25, 0.3) is 0 Å². The van der Waals surface area contributed by atoms with Gasteiger partial charge in [0.2, 0.25) is 0 Å². The second kappa shape index (κ2) is 7.03. The maximum atomic E-state index is 13.3. The minimum atomic E-state index is -0.313. The number of rotatable bonds is 7. The van der Waals surface area contributed by atoms with Crippen LogP contribution in [0.15, 0.2) is 49.6 Å². The smallest absolute Gasteiger partial charge is 0.123 e. The lowest BCUT2D eigenvalue weighted by atomic mass is 10.0. The molecule has 0 aliphatic rings. The third-order valence-corrected chi connectivity index (χ3v) is 2.75. The van der Waals surface area contributed by atoms with Crippen LogP contribution in [0.3, 0.4) is 0 Å². The van der Waals surface area contributed by atoms with Crippen molar-refractivity contribution < 1.29 is 4.39 Å². The zero-order chi connectivity index (χ0) is 13.5. The summed E-state index contributed by atoms with van der Waals surface area (Å²) in [7, 11) is 0. The van der Waals surface area contributed by atoms with Crippen LogP contribution in [0.1, 0.15) is 11.6 Å². The molecule has 1 unspecified atom stereocenters. The van der Waals surface area contributed by atoms with E-state index in [-0.39, 0.29) is 11.9 Å². The molecule has 0 amide bonds. The first kappa shape index (κ1) is 14.5. The highest BCUT2D eigenvalue weighted by Crippen LogP contribution is 2.22. The van der Waals surface area contributed by atoms with Gasteiger partial charge in [0.1, 0.15) is 5.82 Å². The van der Waals surface area contributed by atoms with Crippen molar-refractivity contribution in [3.8, 4) is 0 Å². The van der Waals surface area contributed by atoms with Gasteiger partial charge in [0.05, 0.1) is 11.0 Å². The molecule has 4 heteroatoms. The summed E-state index contributed by atoms with van der Waals surface area (Å²) in [6.07, 6.45) is 3.52. The third-order valence-electron chi connectivity index (χ3n) is 2.53. The lowest BCUT2D eigenvalue weighted by Gasteiger charge is -2.29. The Labute approximate surface area is 113 Å². The molecule has 18 heavy (non-hydrogen) atoms. The van der Waals surface area contributed by atoms with Gasteiger partial charge in [-0.3, -0.25) is 4.90 Å². The number of benzene rings is 1. The summed E-state index contributed by atoms with van der Waals surface area (Å²) < 4.78 is 13.3. The molecule has 1 aromatic carbocycles. The Morgan fingerprint density at radius 2 is 2.00 bits per heavy atom. The molecule has 1 atom stereocenters. The van der Waals surface area contributed by atoms with Crippen LogP contribution < -0.4 is 5.73 Å². The molecule has 0 fully saturated rings. The van der Waals surface area contributed by atoms with Crippen LogP contribution in [0.4, 0.5) is 4.39 Å². The lowest BCUT2D eigenvalue weighted by molar-refractivity contribution is 0.301. The summed E-state index contributed by atoms with van der Waals surface area (Å²) in [5, 5.41) is 0. The van der Waals surface area contributed by atoms with Crippen molar-refractivity contribution in [1.82, 2.24) is 4.90 Å². The van der Waals surface area contributed by atoms with Crippen molar-refractivity contribution in [2.24, 2.45) is 5.73 Å². The molecule has 0 bridgehead atoms. The van der Waals surface area contributed by atoms with E-state index in [4.69, 9.17) is 18.0 Å². The number of halogens is 1. The maximum Gasteiger partial charge on any atom is 0.123 e. The molecule has 1 rings (SSSR count). The van der Waals surface area contributed by atoms with Gasteiger partial charge in [0, 0.05) is 13.1 Å². The van der Waals surface area contributed by atoms with E-state index in [1.165, 1.54) is 12.1 Å². The number of thiocarbonyl (C=S) groups is 1. The maximum absolute atomic E-state index is 13.3. The van der Waals surface area contributed by atoms with E-state index in [1.807, 2.05) is 11.0 Å². The molecular formula is C14H17FN2S. The first-order valence-electron chi connectivity index (χ1n) is 5.60. The fourth-order valence-corrected chi connectivity index (χ4v) is 2.13. The predicted octanol–water partition coefficient (Wildman–Crippen LogP) is 2.83. The Morgan fingerprint density at radius 1 is 1.39 bits per heavy atom. The summed E-state index contributed by atoms with van der Waals surface area (Å²) in [5.41, 5.74) is 6.52. The van der Waals surface area contributed by atoms with Crippen LogP contribution in [0.2, 0.25) is 0 Å². The van der Waals surface area contributed by atoms with Crippen LogP contribution in [-0.2, 0) is 0 Å². The highest BCUT2D eigenvalue weighted by Gasteiger charge is 2.21. The van der Waals surface area contributed by atoms with E-state index in [0.717, 1.165) is 5.56 Å². The number of nitrogens with zero attached hydrogens (tertiary/aromatic N) is 1. The third kappa shape index (κ3) is 3.75. The minimum absolute atomic E-state index is 0.300. The average Bonchev–Trinajstić information content (AvgIpc) is 2.29.